The van der Waals surface area contributed by atoms with Crippen molar-refractivity contribution in [3.63, 3.8) is 0 Å². The smallest absolute Gasteiger partial charge is 0.275 e. The zero-order chi connectivity index (χ0) is 15.7. The summed E-state index contributed by atoms with van der Waals surface area (Å²) in [5, 5.41) is 5.82. The number of fused-ring (bicyclic) bond motifs is 1. The number of amides is 2. The molecule has 1 atom stereocenters. The van der Waals surface area contributed by atoms with E-state index >= 15 is 0 Å². The van der Waals surface area contributed by atoms with Crippen LogP contribution in [0.1, 0.15) is 5.56 Å². The van der Waals surface area contributed by atoms with Crippen LogP contribution in [0.2, 0.25) is 5.02 Å². The number of rotatable bonds is 2. The van der Waals surface area contributed by atoms with E-state index in [9.17, 15) is 9.59 Å². The van der Waals surface area contributed by atoms with E-state index in [-0.39, 0.29) is 0 Å². The molecule has 1 aliphatic heterocycles. The summed E-state index contributed by atoms with van der Waals surface area (Å²) in [7, 11) is 0. The van der Waals surface area contributed by atoms with Crippen LogP contribution in [0.3, 0.4) is 0 Å². The highest BCUT2D eigenvalue weighted by molar-refractivity contribution is 6.31. The molecule has 0 aromatic heterocycles. The summed E-state index contributed by atoms with van der Waals surface area (Å²) in [6.45, 7) is 1.86. The van der Waals surface area contributed by atoms with E-state index in [1.165, 1.54) is 0 Å². The summed E-state index contributed by atoms with van der Waals surface area (Å²) >= 11 is 6.02. The van der Waals surface area contributed by atoms with E-state index in [1.807, 2.05) is 6.92 Å². The van der Waals surface area contributed by atoms with Crippen LogP contribution in [0.15, 0.2) is 42.5 Å². The van der Waals surface area contributed by atoms with Gasteiger partial charge >= 0.3 is 0 Å². The molecule has 2 amide bonds. The Morgan fingerprint density at radius 1 is 1.27 bits per heavy atom. The molecule has 1 heterocycles. The van der Waals surface area contributed by atoms with Gasteiger partial charge in [-0.3, -0.25) is 9.59 Å². The number of nitrogens with one attached hydrogen (secondary N) is 2. The van der Waals surface area contributed by atoms with Gasteiger partial charge in [0, 0.05) is 10.7 Å². The molecular formula is C16H13ClN2O3. The van der Waals surface area contributed by atoms with Crippen molar-refractivity contribution in [3.8, 4) is 5.75 Å². The Hall–Kier alpha value is -2.53. The summed E-state index contributed by atoms with van der Waals surface area (Å²) in [6, 6.07) is 12.1. The van der Waals surface area contributed by atoms with Gasteiger partial charge in [-0.2, -0.15) is 0 Å². The molecule has 22 heavy (non-hydrogen) atoms. The van der Waals surface area contributed by atoms with Crippen molar-refractivity contribution in [2.75, 3.05) is 10.6 Å². The summed E-state index contributed by atoms with van der Waals surface area (Å²) in [4.78, 5) is 24.2. The summed E-state index contributed by atoms with van der Waals surface area (Å²) in [6.07, 6.45) is -1.24. The number of benzene rings is 2. The molecule has 0 radical (unpaired) electrons. The maximum Gasteiger partial charge on any atom is 0.275 e. The molecule has 0 fully saturated rings. The van der Waals surface area contributed by atoms with Crippen molar-refractivity contribution in [1.29, 1.82) is 0 Å². The Bertz CT molecular complexity index is 761. The molecule has 5 nitrogen and oxygen atoms in total. The number of hydrogen-bond acceptors (Lipinski definition) is 3. The van der Waals surface area contributed by atoms with Gasteiger partial charge < -0.3 is 15.4 Å². The number of hydrogen-bond donors (Lipinski definition) is 2. The van der Waals surface area contributed by atoms with Crippen LogP contribution in [0.5, 0.6) is 5.75 Å². The van der Waals surface area contributed by atoms with Crippen molar-refractivity contribution in [1.82, 2.24) is 0 Å². The minimum atomic E-state index is -1.24. The highest BCUT2D eigenvalue weighted by Crippen LogP contribution is 2.29. The van der Waals surface area contributed by atoms with Crippen LogP contribution in [0, 0.1) is 6.92 Å². The van der Waals surface area contributed by atoms with Crippen LogP contribution in [-0.2, 0) is 9.59 Å². The zero-order valence-corrected chi connectivity index (χ0v) is 12.5. The van der Waals surface area contributed by atoms with Crippen LogP contribution >= 0.6 is 11.6 Å². The molecule has 1 aliphatic rings. The molecular weight excluding hydrogens is 304 g/mol. The Kier molecular flexibility index (Phi) is 3.73. The standard InChI is InChI=1S/C16H13ClN2O3/c1-9-6-7-10(8-11(9)17)18-15(20)14-16(21)19-12-4-2-3-5-13(12)22-14/h2-8,14H,1H3,(H,18,20)(H,19,21). The van der Waals surface area contributed by atoms with E-state index in [0.717, 1.165) is 5.56 Å². The Labute approximate surface area is 132 Å². The molecule has 6 heteroatoms. The maximum atomic E-state index is 12.2. The first-order chi connectivity index (χ1) is 10.5. The lowest BCUT2D eigenvalue weighted by Crippen LogP contribution is -2.45. The average molecular weight is 317 g/mol. The first-order valence-corrected chi connectivity index (χ1v) is 7.06. The second kappa shape index (κ2) is 5.69. The van der Waals surface area contributed by atoms with E-state index in [2.05, 4.69) is 10.6 Å². The molecule has 2 aromatic rings. The minimum Gasteiger partial charge on any atom is -0.468 e. The lowest BCUT2D eigenvalue weighted by Gasteiger charge is -2.24. The third kappa shape index (κ3) is 2.76. The third-order valence-corrected chi connectivity index (χ3v) is 3.71. The van der Waals surface area contributed by atoms with Gasteiger partial charge in [-0.15, -0.1) is 0 Å². The summed E-state index contributed by atoms with van der Waals surface area (Å²) in [5.41, 5.74) is 1.96. The van der Waals surface area contributed by atoms with E-state index in [4.69, 9.17) is 16.3 Å². The largest absolute Gasteiger partial charge is 0.468 e. The predicted molar refractivity (Wildman–Crippen MR) is 84.3 cm³/mol. The Balaban J connectivity index is 1.78. The van der Waals surface area contributed by atoms with Crippen LogP contribution in [0.25, 0.3) is 0 Å². The van der Waals surface area contributed by atoms with Gasteiger partial charge in [-0.25, -0.2) is 0 Å². The molecule has 0 saturated heterocycles. The fraction of sp³-hybridized carbons (Fsp3) is 0.125. The number of anilines is 2. The zero-order valence-electron chi connectivity index (χ0n) is 11.7. The highest BCUT2D eigenvalue weighted by atomic mass is 35.5. The molecule has 2 N–H and O–H groups in total. The topological polar surface area (TPSA) is 67.4 Å². The van der Waals surface area contributed by atoms with Crippen molar-refractivity contribution in [3.05, 3.63) is 53.1 Å². The quantitative estimate of drug-likeness (QED) is 0.837. The van der Waals surface area contributed by atoms with Crippen molar-refractivity contribution in [2.45, 2.75) is 13.0 Å². The molecule has 3 rings (SSSR count). The number of ether oxygens (including phenoxy) is 1. The van der Waals surface area contributed by atoms with Crippen molar-refractivity contribution in [2.24, 2.45) is 0 Å². The predicted octanol–water partition coefficient (Wildman–Crippen LogP) is 2.99. The van der Waals surface area contributed by atoms with Crippen LogP contribution in [-0.4, -0.2) is 17.9 Å². The molecule has 0 aliphatic carbocycles. The second-order valence-electron chi connectivity index (χ2n) is 4.94. The molecule has 112 valence electrons. The monoisotopic (exact) mass is 316 g/mol. The van der Waals surface area contributed by atoms with E-state index in [0.29, 0.717) is 22.1 Å². The van der Waals surface area contributed by atoms with Gasteiger partial charge in [0.05, 0.1) is 5.69 Å². The number of carbonyl (C=O) groups excluding carboxylic acids is 2. The van der Waals surface area contributed by atoms with Crippen molar-refractivity contribution < 1.29 is 14.3 Å². The van der Waals surface area contributed by atoms with Gasteiger partial charge in [0.2, 0.25) is 0 Å². The molecule has 0 saturated carbocycles. The molecule has 0 spiro atoms. The fourth-order valence-corrected chi connectivity index (χ4v) is 2.28. The number of halogens is 1. The summed E-state index contributed by atoms with van der Waals surface area (Å²) in [5.74, 6) is -0.592. The van der Waals surface area contributed by atoms with Crippen LogP contribution < -0.4 is 15.4 Å². The maximum absolute atomic E-state index is 12.2. The normalized spacial score (nSPS) is 16.3. The lowest BCUT2D eigenvalue weighted by molar-refractivity contribution is -0.133. The average Bonchev–Trinajstić information content (AvgIpc) is 2.50. The number of aryl methyl sites for hydroxylation is 1. The molecule has 2 aromatic carbocycles. The van der Waals surface area contributed by atoms with Gasteiger partial charge in [0.25, 0.3) is 17.9 Å². The number of carbonyl (C=O) groups is 2. The molecule has 1 unspecified atom stereocenters. The fourth-order valence-electron chi connectivity index (χ4n) is 2.10. The Morgan fingerprint density at radius 2 is 2.05 bits per heavy atom. The van der Waals surface area contributed by atoms with E-state index in [1.54, 1.807) is 42.5 Å². The minimum absolute atomic E-state index is 0.462. The second-order valence-corrected chi connectivity index (χ2v) is 5.34. The van der Waals surface area contributed by atoms with Gasteiger partial charge in [0.15, 0.2) is 0 Å². The SMILES string of the molecule is Cc1ccc(NC(=O)C2Oc3ccccc3NC2=O)cc1Cl. The van der Waals surface area contributed by atoms with Gasteiger partial charge in [-0.05, 0) is 36.8 Å². The van der Waals surface area contributed by atoms with Gasteiger partial charge in [0.1, 0.15) is 5.75 Å². The van der Waals surface area contributed by atoms with Crippen molar-refractivity contribution >= 4 is 34.8 Å². The Morgan fingerprint density at radius 3 is 2.82 bits per heavy atom. The first kappa shape index (κ1) is 14.4. The summed E-state index contributed by atoms with van der Waals surface area (Å²) < 4.78 is 5.48. The highest BCUT2D eigenvalue weighted by Gasteiger charge is 2.33. The lowest BCUT2D eigenvalue weighted by atomic mass is 10.2. The van der Waals surface area contributed by atoms with Crippen LogP contribution in [0.4, 0.5) is 11.4 Å². The van der Waals surface area contributed by atoms with Gasteiger partial charge in [-0.1, -0.05) is 29.8 Å². The first-order valence-electron chi connectivity index (χ1n) is 6.68. The van der Waals surface area contributed by atoms with E-state index < -0.39 is 17.9 Å². The molecule has 0 bridgehead atoms. The number of para-hydroxylation sites is 2. The third-order valence-electron chi connectivity index (χ3n) is 3.31.